The van der Waals surface area contributed by atoms with Gasteiger partial charge < -0.3 is 15.7 Å². The number of aromatic nitrogens is 2. The SMILES string of the molecule is CN(CCCCCO)c1nc2sccn2c1CN. The highest BCUT2D eigenvalue weighted by Gasteiger charge is 2.14. The van der Waals surface area contributed by atoms with Crippen LogP contribution in [0.1, 0.15) is 25.0 Å². The van der Waals surface area contributed by atoms with Gasteiger partial charge in [0, 0.05) is 38.3 Å². The van der Waals surface area contributed by atoms with Gasteiger partial charge in [0.15, 0.2) is 10.8 Å². The molecule has 0 spiro atoms. The molecule has 5 nitrogen and oxygen atoms in total. The lowest BCUT2D eigenvalue weighted by molar-refractivity contribution is 0.283. The number of rotatable bonds is 7. The molecule has 0 fully saturated rings. The third kappa shape index (κ3) is 2.66. The Balaban J connectivity index is 2.06. The zero-order valence-electron chi connectivity index (χ0n) is 10.7. The van der Waals surface area contributed by atoms with Crippen molar-refractivity contribution in [3.63, 3.8) is 0 Å². The first-order chi connectivity index (χ1) is 8.77. The van der Waals surface area contributed by atoms with E-state index in [4.69, 9.17) is 10.8 Å². The van der Waals surface area contributed by atoms with Crippen LogP contribution in [0.2, 0.25) is 0 Å². The van der Waals surface area contributed by atoms with Crippen molar-refractivity contribution in [1.29, 1.82) is 0 Å². The van der Waals surface area contributed by atoms with E-state index in [2.05, 4.69) is 14.3 Å². The lowest BCUT2D eigenvalue weighted by atomic mass is 10.2. The molecule has 0 amide bonds. The number of aliphatic hydroxyl groups is 1. The molecule has 18 heavy (non-hydrogen) atoms. The minimum absolute atomic E-state index is 0.276. The summed E-state index contributed by atoms with van der Waals surface area (Å²) in [4.78, 5) is 7.77. The largest absolute Gasteiger partial charge is 0.396 e. The van der Waals surface area contributed by atoms with Crippen LogP contribution in [-0.2, 0) is 6.54 Å². The van der Waals surface area contributed by atoms with E-state index in [1.54, 1.807) is 11.3 Å². The summed E-state index contributed by atoms with van der Waals surface area (Å²) in [5.41, 5.74) is 6.88. The zero-order valence-corrected chi connectivity index (χ0v) is 11.5. The Morgan fingerprint density at radius 1 is 1.44 bits per heavy atom. The molecule has 2 rings (SSSR count). The maximum absolute atomic E-state index is 8.75. The molecule has 100 valence electrons. The van der Waals surface area contributed by atoms with Crippen LogP contribution in [-0.4, -0.2) is 34.7 Å². The van der Waals surface area contributed by atoms with Gasteiger partial charge in [0.1, 0.15) is 0 Å². The Bertz CT molecular complexity index is 493. The normalized spacial score (nSPS) is 11.3. The molecule has 0 saturated carbocycles. The van der Waals surface area contributed by atoms with Crippen LogP contribution in [0.3, 0.4) is 0 Å². The predicted octanol–water partition coefficient (Wildman–Crippen LogP) is 1.45. The van der Waals surface area contributed by atoms with E-state index < -0.39 is 0 Å². The van der Waals surface area contributed by atoms with Gasteiger partial charge in [-0.05, 0) is 19.3 Å². The highest BCUT2D eigenvalue weighted by atomic mass is 32.1. The van der Waals surface area contributed by atoms with Crippen LogP contribution >= 0.6 is 11.3 Å². The lowest BCUT2D eigenvalue weighted by Gasteiger charge is -2.17. The van der Waals surface area contributed by atoms with Crippen molar-refractivity contribution in [1.82, 2.24) is 9.38 Å². The van der Waals surface area contributed by atoms with Crippen LogP contribution in [0.4, 0.5) is 5.82 Å². The van der Waals surface area contributed by atoms with E-state index in [0.29, 0.717) is 6.54 Å². The fourth-order valence-electron chi connectivity index (χ4n) is 2.06. The summed E-state index contributed by atoms with van der Waals surface area (Å²) >= 11 is 1.62. The van der Waals surface area contributed by atoms with E-state index in [-0.39, 0.29) is 6.61 Å². The molecule has 6 heteroatoms. The van der Waals surface area contributed by atoms with Crippen molar-refractivity contribution in [3.8, 4) is 0 Å². The average molecular weight is 268 g/mol. The Hall–Kier alpha value is -1.11. The molecular formula is C12H20N4OS. The lowest BCUT2D eigenvalue weighted by Crippen LogP contribution is -2.21. The minimum Gasteiger partial charge on any atom is -0.396 e. The van der Waals surface area contributed by atoms with Crippen molar-refractivity contribution in [3.05, 3.63) is 17.3 Å². The molecule has 0 bridgehead atoms. The second kappa shape index (κ2) is 6.17. The van der Waals surface area contributed by atoms with Gasteiger partial charge in [-0.1, -0.05) is 0 Å². The van der Waals surface area contributed by atoms with E-state index >= 15 is 0 Å². The molecule has 2 aromatic rings. The maximum atomic E-state index is 8.75. The summed E-state index contributed by atoms with van der Waals surface area (Å²) in [7, 11) is 2.05. The van der Waals surface area contributed by atoms with Crippen LogP contribution in [0.5, 0.6) is 0 Å². The molecule has 2 aromatic heterocycles. The number of hydrogen-bond acceptors (Lipinski definition) is 5. The number of unbranched alkanes of at least 4 members (excludes halogenated alkanes) is 2. The molecular weight excluding hydrogens is 248 g/mol. The summed E-state index contributed by atoms with van der Waals surface area (Å²) in [6, 6.07) is 0. The monoisotopic (exact) mass is 268 g/mol. The number of anilines is 1. The standard InChI is InChI=1S/C12H20N4OS/c1-15(5-3-2-4-7-17)11-10(9-13)16-6-8-18-12(16)14-11/h6,8,17H,2-5,7,9,13H2,1H3. The molecule has 0 aliphatic carbocycles. The Kier molecular flexibility index (Phi) is 4.57. The average Bonchev–Trinajstić information content (AvgIpc) is 2.93. The summed E-state index contributed by atoms with van der Waals surface area (Å²) in [5, 5.41) is 10.8. The first-order valence-corrected chi connectivity index (χ1v) is 7.12. The van der Waals surface area contributed by atoms with E-state index in [1.165, 1.54) is 0 Å². The highest BCUT2D eigenvalue weighted by molar-refractivity contribution is 7.15. The summed E-state index contributed by atoms with van der Waals surface area (Å²) < 4.78 is 2.06. The number of fused-ring (bicyclic) bond motifs is 1. The van der Waals surface area contributed by atoms with Crippen LogP contribution in [0.15, 0.2) is 11.6 Å². The first kappa shape index (κ1) is 13.3. The van der Waals surface area contributed by atoms with E-state index in [9.17, 15) is 0 Å². The second-order valence-electron chi connectivity index (χ2n) is 4.35. The van der Waals surface area contributed by atoms with Crippen molar-refractivity contribution in [2.24, 2.45) is 5.73 Å². The van der Waals surface area contributed by atoms with Gasteiger partial charge in [0.05, 0.1) is 5.69 Å². The van der Waals surface area contributed by atoms with Gasteiger partial charge in [-0.15, -0.1) is 11.3 Å². The molecule has 0 radical (unpaired) electrons. The predicted molar refractivity (Wildman–Crippen MR) is 75.2 cm³/mol. The Labute approximate surface area is 111 Å². The van der Waals surface area contributed by atoms with Gasteiger partial charge in [-0.2, -0.15) is 0 Å². The molecule has 3 N–H and O–H groups in total. The number of hydrogen-bond donors (Lipinski definition) is 2. The minimum atomic E-state index is 0.276. The second-order valence-corrected chi connectivity index (χ2v) is 5.22. The third-order valence-electron chi connectivity index (χ3n) is 3.05. The third-order valence-corrected chi connectivity index (χ3v) is 3.80. The highest BCUT2D eigenvalue weighted by Crippen LogP contribution is 2.23. The summed E-state index contributed by atoms with van der Waals surface area (Å²) in [6.45, 7) is 1.71. The quantitative estimate of drug-likeness (QED) is 0.746. The Morgan fingerprint density at radius 2 is 2.28 bits per heavy atom. The van der Waals surface area contributed by atoms with Gasteiger partial charge in [-0.3, -0.25) is 4.40 Å². The topological polar surface area (TPSA) is 66.8 Å². The molecule has 0 saturated heterocycles. The smallest absolute Gasteiger partial charge is 0.195 e. The molecule has 0 unspecified atom stereocenters. The number of aliphatic hydroxyl groups excluding tert-OH is 1. The molecule has 0 aliphatic heterocycles. The molecule has 2 heterocycles. The number of imidazole rings is 1. The first-order valence-electron chi connectivity index (χ1n) is 6.24. The van der Waals surface area contributed by atoms with Crippen molar-refractivity contribution in [2.75, 3.05) is 25.1 Å². The van der Waals surface area contributed by atoms with Gasteiger partial charge >= 0.3 is 0 Å². The van der Waals surface area contributed by atoms with Gasteiger partial charge in [0.25, 0.3) is 0 Å². The van der Waals surface area contributed by atoms with E-state index in [0.717, 1.165) is 42.3 Å². The molecule has 0 aliphatic rings. The molecule has 0 aromatic carbocycles. The maximum Gasteiger partial charge on any atom is 0.195 e. The van der Waals surface area contributed by atoms with Crippen LogP contribution in [0.25, 0.3) is 4.96 Å². The summed E-state index contributed by atoms with van der Waals surface area (Å²) in [6.07, 6.45) is 4.99. The number of thiazole rings is 1. The van der Waals surface area contributed by atoms with Crippen molar-refractivity contribution in [2.45, 2.75) is 25.8 Å². The fraction of sp³-hybridized carbons (Fsp3) is 0.583. The fourth-order valence-corrected chi connectivity index (χ4v) is 2.79. The van der Waals surface area contributed by atoms with E-state index in [1.807, 2.05) is 18.6 Å². The van der Waals surface area contributed by atoms with Crippen molar-refractivity contribution >= 4 is 22.1 Å². The van der Waals surface area contributed by atoms with Crippen molar-refractivity contribution < 1.29 is 5.11 Å². The van der Waals surface area contributed by atoms with Gasteiger partial charge in [0.2, 0.25) is 0 Å². The van der Waals surface area contributed by atoms with Crippen LogP contribution in [0, 0.1) is 0 Å². The zero-order chi connectivity index (χ0) is 13.0. The number of nitrogens with two attached hydrogens (primary N) is 1. The Morgan fingerprint density at radius 3 is 3.00 bits per heavy atom. The molecule has 0 atom stereocenters. The number of nitrogens with zero attached hydrogens (tertiary/aromatic N) is 3. The van der Waals surface area contributed by atoms with Gasteiger partial charge in [-0.25, -0.2) is 4.98 Å². The summed E-state index contributed by atoms with van der Waals surface area (Å²) in [5.74, 6) is 0.980. The van der Waals surface area contributed by atoms with Crippen LogP contribution < -0.4 is 10.6 Å².